The number of ketones is 1. The summed E-state index contributed by atoms with van der Waals surface area (Å²) in [7, 11) is 0. The Morgan fingerprint density at radius 3 is 2.41 bits per heavy atom. The van der Waals surface area contributed by atoms with E-state index in [9.17, 15) is 14.4 Å². The second kappa shape index (κ2) is 11.1. The molecule has 0 unspecified atom stereocenters. The van der Waals surface area contributed by atoms with Crippen molar-refractivity contribution >= 4 is 50.2 Å². The van der Waals surface area contributed by atoms with E-state index in [2.05, 4.69) is 41.3 Å². The first-order valence-corrected chi connectivity index (χ1v) is 14.3. The van der Waals surface area contributed by atoms with E-state index >= 15 is 0 Å². The number of pyridine rings is 1. The third-order valence-corrected chi connectivity index (χ3v) is 8.30. The molecule has 212 valence electrons. The van der Waals surface area contributed by atoms with Gasteiger partial charge in [0.25, 0.3) is 0 Å². The van der Waals surface area contributed by atoms with Crippen LogP contribution in [0.2, 0.25) is 0 Å². The molecule has 2 amide bonds. The highest BCUT2D eigenvalue weighted by Crippen LogP contribution is 2.33. The number of anilines is 1. The molecule has 4 heterocycles. The summed E-state index contributed by atoms with van der Waals surface area (Å²) >= 11 is 3.35. The van der Waals surface area contributed by atoms with Crippen LogP contribution in [0.1, 0.15) is 54.6 Å². The zero-order valence-electron chi connectivity index (χ0n) is 23.9. The molecule has 1 aliphatic heterocycles. The quantitative estimate of drug-likeness (QED) is 0.237. The van der Waals surface area contributed by atoms with E-state index in [1.807, 2.05) is 58.9 Å². The molecule has 1 aromatic carbocycles. The van der Waals surface area contributed by atoms with E-state index in [4.69, 9.17) is 0 Å². The van der Waals surface area contributed by atoms with Gasteiger partial charge in [0.05, 0.1) is 5.52 Å². The van der Waals surface area contributed by atoms with E-state index in [1.165, 1.54) is 6.92 Å². The van der Waals surface area contributed by atoms with Gasteiger partial charge in [0, 0.05) is 36.3 Å². The molecule has 0 bridgehead atoms. The number of amides is 2. The van der Waals surface area contributed by atoms with Crippen molar-refractivity contribution in [3.8, 4) is 11.1 Å². The van der Waals surface area contributed by atoms with Crippen molar-refractivity contribution in [2.45, 2.75) is 66.6 Å². The number of aryl methyl sites for hydroxylation is 3. The van der Waals surface area contributed by atoms with Crippen LogP contribution < -0.4 is 5.32 Å². The molecule has 11 heteroatoms. The number of nitrogens with one attached hydrogen (secondary N) is 1. The smallest absolute Gasteiger partial charge is 0.248 e. The van der Waals surface area contributed by atoms with E-state index in [-0.39, 0.29) is 36.1 Å². The highest BCUT2D eigenvalue weighted by molar-refractivity contribution is 9.10. The van der Waals surface area contributed by atoms with Crippen LogP contribution in [0.3, 0.4) is 0 Å². The molecule has 0 saturated carbocycles. The normalized spacial score (nSPS) is 18.6. The van der Waals surface area contributed by atoms with Crippen LogP contribution >= 0.6 is 15.9 Å². The van der Waals surface area contributed by atoms with Gasteiger partial charge in [-0.25, -0.2) is 15.0 Å². The molecular weight excluding hydrogens is 586 g/mol. The predicted molar refractivity (Wildman–Crippen MR) is 159 cm³/mol. The average molecular weight is 619 g/mol. The van der Waals surface area contributed by atoms with Gasteiger partial charge in [-0.2, -0.15) is 5.10 Å². The van der Waals surface area contributed by atoms with Gasteiger partial charge in [-0.15, -0.1) is 0 Å². The van der Waals surface area contributed by atoms with Gasteiger partial charge in [0.2, 0.25) is 11.8 Å². The van der Waals surface area contributed by atoms with Crippen LogP contribution in [-0.4, -0.2) is 59.3 Å². The summed E-state index contributed by atoms with van der Waals surface area (Å²) < 4.78 is 2.20. The van der Waals surface area contributed by atoms with Crippen LogP contribution in [0.15, 0.2) is 41.3 Å². The lowest BCUT2D eigenvalue weighted by Crippen LogP contribution is -2.47. The highest BCUT2D eigenvalue weighted by atomic mass is 79.9. The molecule has 0 spiro atoms. The number of benzene rings is 1. The number of Topliss-reactive ketones (excluding diaryl/α,β-unsaturated/α-hetero) is 1. The van der Waals surface area contributed by atoms with Crippen molar-refractivity contribution in [1.82, 2.24) is 29.6 Å². The molecule has 0 aliphatic carbocycles. The van der Waals surface area contributed by atoms with E-state index in [1.54, 1.807) is 22.0 Å². The monoisotopic (exact) mass is 617 g/mol. The summed E-state index contributed by atoms with van der Waals surface area (Å²) in [5.74, 6) is 0.529. The van der Waals surface area contributed by atoms with E-state index in [0.717, 1.165) is 22.3 Å². The molecule has 1 N–H and O–H groups in total. The Hall–Kier alpha value is -3.99. The SMILES string of the molecule is CC(=O)c1nn(CC(=O)N2[C@H](C)[C@@H](C)C[C@H]2C(=O)Nc2nc(Br)ccc2C)c2c(C)cc(-c3cnc(C)nc3)cc12. The van der Waals surface area contributed by atoms with Crippen molar-refractivity contribution in [2.75, 3.05) is 5.32 Å². The van der Waals surface area contributed by atoms with Crippen molar-refractivity contribution in [3.63, 3.8) is 0 Å². The number of aromatic nitrogens is 5. The minimum atomic E-state index is -0.656. The second-order valence-corrected chi connectivity index (χ2v) is 11.6. The molecular formula is C30H32BrN7O3. The molecule has 3 aromatic heterocycles. The Kier molecular flexibility index (Phi) is 7.74. The minimum absolute atomic E-state index is 0.105. The molecule has 5 rings (SSSR count). The molecule has 41 heavy (non-hydrogen) atoms. The van der Waals surface area contributed by atoms with Crippen molar-refractivity contribution in [2.24, 2.45) is 5.92 Å². The van der Waals surface area contributed by atoms with Crippen LogP contribution in [0.4, 0.5) is 5.82 Å². The summed E-state index contributed by atoms with van der Waals surface area (Å²) in [6.07, 6.45) is 4.03. The Morgan fingerprint density at radius 1 is 1.02 bits per heavy atom. The van der Waals surface area contributed by atoms with Crippen molar-refractivity contribution < 1.29 is 14.4 Å². The van der Waals surface area contributed by atoms with Gasteiger partial charge in [-0.3, -0.25) is 19.1 Å². The van der Waals surface area contributed by atoms with Gasteiger partial charge >= 0.3 is 0 Å². The lowest BCUT2D eigenvalue weighted by molar-refractivity contribution is -0.139. The summed E-state index contributed by atoms with van der Waals surface area (Å²) in [6.45, 7) is 11.0. The van der Waals surface area contributed by atoms with E-state index < -0.39 is 6.04 Å². The fourth-order valence-corrected chi connectivity index (χ4v) is 5.82. The maximum Gasteiger partial charge on any atom is 0.248 e. The number of likely N-dealkylation sites (tertiary alicyclic amines) is 1. The lowest BCUT2D eigenvalue weighted by atomic mass is 10.0. The predicted octanol–water partition coefficient (Wildman–Crippen LogP) is 5.04. The first-order chi connectivity index (χ1) is 19.4. The molecule has 0 radical (unpaired) electrons. The number of rotatable bonds is 6. The minimum Gasteiger partial charge on any atom is -0.326 e. The third-order valence-electron chi connectivity index (χ3n) is 7.86. The van der Waals surface area contributed by atoms with Crippen molar-refractivity contribution in [1.29, 1.82) is 0 Å². The van der Waals surface area contributed by atoms with E-state index in [0.29, 0.717) is 39.3 Å². The average Bonchev–Trinajstić information content (AvgIpc) is 3.44. The van der Waals surface area contributed by atoms with Gasteiger partial charge in [0.15, 0.2) is 5.78 Å². The Bertz CT molecular complexity index is 1680. The van der Waals surface area contributed by atoms with Gasteiger partial charge in [-0.05, 0) is 90.9 Å². The summed E-state index contributed by atoms with van der Waals surface area (Å²) in [6, 6.07) is 6.74. The Balaban J connectivity index is 1.47. The number of hydrogen-bond acceptors (Lipinski definition) is 7. The molecule has 4 aromatic rings. The lowest BCUT2D eigenvalue weighted by Gasteiger charge is -2.28. The van der Waals surface area contributed by atoms with Gasteiger partial charge < -0.3 is 10.2 Å². The standard InChI is InChI=1S/C30H32BrN7O3/c1-15-7-8-25(31)34-29(15)35-30(41)24-10-16(2)18(4)38(24)26(40)14-37-28-17(3)9-21(22-12-32-20(6)33-13-22)11-23(28)27(36-37)19(5)39/h7-9,11-13,16,18,24H,10,14H2,1-6H3,(H,34,35,41)/t16-,18+,24-/m0/s1. The topological polar surface area (TPSA) is 123 Å². The molecule has 3 atom stereocenters. The number of hydrogen-bond donors (Lipinski definition) is 1. The molecule has 1 aliphatic rings. The first kappa shape index (κ1) is 28.5. The molecule has 10 nitrogen and oxygen atoms in total. The fourth-order valence-electron chi connectivity index (χ4n) is 5.51. The van der Waals surface area contributed by atoms with Crippen LogP contribution in [-0.2, 0) is 16.1 Å². The second-order valence-electron chi connectivity index (χ2n) is 10.8. The number of nitrogens with zero attached hydrogens (tertiary/aromatic N) is 6. The largest absolute Gasteiger partial charge is 0.326 e. The molecule has 1 saturated heterocycles. The highest BCUT2D eigenvalue weighted by Gasteiger charge is 2.43. The number of fused-ring (bicyclic) bond motifs is 1. The zero-order valence-corrected chi connectivity index (χ0v) is 25.5. The Morgan fingerprint density at radius 2 is 1.73 bits per heavy atom. The first-order valence-electron chi connectivity index (χ1n) is 13.5. The maximum absolute atomic E-state index is 13.9. The van der Waals surface area contributed by atoms with Crippen molar-refractivity contribution in [3.05, 3.63) is 63.9 Å². The van der Waals surface area contributed by atoms with Crippen LogP contribution in [0, 0.1) is 26.7 Å². The van der Waals surface area contributed by atoms with Gasteiger partial charge in [0.1, 0.15) is 34.5 Å². The Labute approximate surface area is 246 Å². The summed E-state index contributed by atoms with van der Waals surface area (Å²) in [4.78, 5) is 54.6. The number of halogens is 1. The van der Waals surface area contributed by atoms with Crippen LogP contribution in [0.5, 0.6) is 0 Å². The van der Waals surface area contributed by atoms with Crippen LogP contribution in [0.25, 0.3) is 22.0 Å². The third kappa shape index (κ3) is 5.50. The molecule has 1 fully saturated rings. The van der Waals surface area contributed by atoms with Gasteiger partial charge in [-0.1, -0.05) is 13.0 Å². The maximum atomic E-state index is 13.9. The summed E-state index contributed by atoms with van der Waals surface area (Å²) in [5.41, 5.74) is 4.36. The fraction of sp³-hybridized carbons (Fsp3) is 0.367. The summed E-state index contributed by atoms with van der Waals surface area (Å²) in [5, 5.41) is 8.16. The zero-order chi connectivity index (χ0) is 29.6. The number of carbonyl (C=O) groups excluding carboxylic acids is 3. The number of carbonyl (C=O) groups is 3.